The van der Waals surface area contributed by atoms with E-state index >= 15 is 0 Å². The molecule has 3 heteroatoms. The fourth-order valence-electron chi connectivity index (χ4n) is 1.18. The number of hydrogen-bond donors (Lipinski definition) is 1. The summed E-state index contributed by atoms with van der Waals surface area (Å²) in [6.45, 7) is 0. The van der Waals surface area contributed by atoms with E-state index in [1.165, 1.54) is 24.7 Å². The molecule has 0 atom stereocenters. The van der Waals surface area contributed by atoms with Crippen LogP contribution in [0, 0.1) is 5.82 Å². The Hall–Kier alpha value is -1.77. The highest BCUT2D eigenvalue weighted by molar-refractivity contribution is 5.66. The van der Waals surface area contributed by atoms with Crippen molar-refractivity contribution in [1.82, 2.24) is 0 Å². The summed E-state index contributed by atoms with van der Waals surface area (Å²) in [4.78, 5) is 0. The second-order valence-electron chi connectivity index (χ2n) is 2.75. The topological polar surface area (TPSA) is 39.2 Å². The van der Waals surface area contributed by atoms with Gasteiger partial charge in [0.25, 0.3) is 0 Å². The molecule has 0 fully saturated rings. The number of benzene rings is 1. The third-order valence-corrected chi connectivity index (χ3v) is 1.82. The van der Waals surface area contributed by atoms with Gasteiger partial charge in [0.1, 0.15) is 5.82 Å². The van der Waals surface area contributed by atoms with Crippen LogP contribution in [0.2, 0.25) is 0 Å². The summed E-state index contributed by atoms with van der Waals surface area (Å²) in [7, 11) is 0. The highest BCUT2D eigenvalue weighted by Gasteiger charge is 2.05. The molecule has 0 amide bonds. The van der Waals surface area contributed by atoms with Gasteiger partial charge in [-0.25, -0.2) is 4.39 Å². The summed E-state index contributed by atoms with van der Waals surface area (Å²) in [6.07, 6.45) is 2.98. The molecule has 1 heterocycles. The van der Waals surface area contributed by atoms with Gasteiger partial charge in [0, 0.05) is 16.8 Å². The Balaban J connectivity index is 2.57. The normalized spacial score (nSPS) is 10.2. The first-order chi connectivity index (χ1) is 6.27. The standard InChI is InChI=1S/C10H8FNO/c11-10-2-1-8(12)5-9(10)7-3-4-13-6-7/h1-6H,12H2. The monoisotopic (exact) mass is 177 g/mol. The summed E-state index contributed by atoms with van der Waals surface area (Å²) in [6, 6.07) is 6.15. The minimum atomic E-state index is -0.296. The molecular formula is C10H8FNO. The van der Waals surface area contributed by atoms with Crippen LogP contribution in [-0.2, 0) is 0 Å². The zero-order valence-corrected chi connectivity index (χ0v) is 6.83. The van der Waals surface area contributed by atoms with Crippen molar-refractivity contribution in [2.24, 2.45) is 0 Å². The van der Waals surface area contributed by atoms with Crippen LogP contribution in [0.15, 0.2) is 41.2 Å². The van der Waals surface area contributed by atoms with Gasteiger partial charge >= 0.3 is 0 Å². The first-order valence-corrected chi connectivity index (χ1v) is 3.85. The predicted octanol–water partition coefficient (Wildman–Crippen LogP) is 2.67. The zero-order chi connectivity index (χ0) is 9.26. The van der Waals surface area contributed by atoms with Crippen LogP contribution in [0.25, 0.3) is 11.1 Å². The molecule has 0 aliphatic heterocycles. The molecule has 13 heavy (non-hydrogen) atoms. The molecule has 0 radical (unpaired) electrons. The van der Waals surface area contributed by atoms with Gasteiger partial charge < -0.3 is 10.2 Å². The molecule has 2 N–H and O–H groups in total. The third-order valence-electron chi connectivity index (χ3n) is 1.82. The number of anilines is 1. The Kier molecular flexibility index (Phi) is 1.77. The summed E-state index contributed by atoms with van der Waals surface area (Å²) >= 11 is 0. The molecule has 0 saturated carbocycles. The quantitative estimate of drug-likeness (QED) is 0.680. The molecule has 0 saturated heterocycles. The lowest BCUT2D eigenvalue weighted by Gasteiger charge is -2.00. The van der Waals surface area contributed by atoms with Crippen molar-refractivity contribution in [2.45, 2.75) is 0 Å². The number of nitrogen functional groups attached to an aromatic ring is 1. The number of hydrogen-bond acceptors (Lipinski definition) is 2. The molecule has 2 nitrogen and oxygen atoms in total. The molecule has 2 rings (SSSR count). The van der Waals surface area contributed by atoms with Crippen molar-refractivity contribution in [3.05, 3.63) is 42.6 Å². The summed E-state index contributed by atoms with van der Waals surface area (Å²) < 4.78 is 18.1. The molecule has 0 aliphatic carbocycles. The Morgan fingerprint density at radius 2 is 2.08 bits per heavy atom. The number of halogens is 1. The fraction of sp³-hybridized carbons (Fsp3) is 0. The molecule has 0 unspecified atom stereocenters. The van der Waals surface area contributed by atoms with Crippen molar-refractivity contribution < 1.29 is 8.81 Å². The highest BCUT2D eigenvalue weighted by Crippen LogP contribution is 2.24. The lowest BCUT2D eigenvalue weighted by molar-refractivity contribution is 0.567. The van der Waals surface area contributed by atoms with Gasteiger partial charge in [0.15, 0.2) is 0 Å². The van der Waals surface area contributed by atoms with Gasteiger partial charge in [-0.1, -0.05) is 0 Å². The molecule has 0 spiro atoms. The highest BCUT2D eigenvalue weighted by atomic mass is 19.1. The van der Waals surface area contributed by atoms with E-state index < -0.39 is 0 Å². The molecule has 0 bridgehead atoms. The van der Waals surface area contributed by atoms with Crippen molar-refractivity contribution in [3.8, 4) is 11.1 Å². The fourth-order valence-corrected chi connectivity index (χ4v) is 1.18. The van der Waals surface area contributed by atoms with E-state index in [2.05, 4.69) is 0 Å². The number of nitrogens with two attached hydrogens (primary N) is 1. The summed E-state index contributed by atoms with van der Waals surface area (Å²) in [5, 5.41) is 0. The van der Waals surface area contributed by atoms with E-state index in [9.17, 15) is 4.39 Å². The van der Waals surface area contributed by atoms with Gasteiger partial charge in [0.05, 0.1) is 12.5 Å². The van der Waals surface area contributed by atoms with Crippen LogP contribution in [-0.4, -0.2) is 0 Å². The maximum Gasteiger partial charge on any atom is 0.131 e. The van der Waals surface area contributed by atoms with Crippen molar-refractivity contribution in [2.75, 3.05) is 5.73 Å². The van der Waals surface area contributed by atoms with Crippen LogP contribution in [0.5, 0.6) is 0 Å². The van der Waals surface area contributed by atoms with Gasteiger partial charge in [-0.05, 0) is 24.3 Å². The smallest absolute Gasteiger partial charge is 0.131 e. The van der Waals surface area contributed by atoms with Crippen LogP contribution in [0.3, 0.4) is 0 Å². The first kappa shape index (κ1) is 7.86. The number of furan rings is 1. The maximum absolute atomic E-state index is 13.2. The van der Waals surface area contributed by atoms with E-state index in [1.54, 1.807) is 12.1 Å². The van der Waals surface area contributed by atoms with Crippen molar-refractivity contribution in [3.63, 3.8) is 0 Å². The molecule has 0 aliphatic rings. The van der Waals surface area contributed by atoms with Crippen molar-refractivity contribution in [1.29, 1.82) is 0 Å². The van der Waals surface area contributed by atoms with E-state index in [1.807, 2.05) is 0 Å². The summed E-state index contributed by atoms with van der Waals surface area (Å²) in [5.41, 5.74) is 7.24. The second-order valence-corrected chi connectivity index (χ2v) is 2.75. The average molecular weight is 177 g/mol. The first-order valence-electron chi connectivity index (χ1n) is 3.85. The Bertz CT molecular complexity index is 409. The van der Waals surface area contributed by atoms with Gasteiger partial charge in [-0.15, -0.1) is 0 Å². The minimum absolute atomic E-state index is 0.296. The van der Waals surface area contributed by atoms with E-state index in [-0.39, 0.29) is 5.82 Å². The Labute approximate surface area is 74.8 Å². The third kappa shape index (κ3) is 1.40. The van der Waals surface area contributed by atoms with Crippen molar-refractivity contribution >= 4 is 5.69 Å². The van der Waals surface area contributed by atoms with Gasteiger partial charge in [-0.2, -0.15) is 0 Å². The lowest BCUT2D eigenvalue weighted by atomic mass is 10.1. The van der Waals surface area contributed by atoms with E-state index in [0.717, 1.165) is 0 Å². The minimum Gasteiger partial charge on any atom is -0.472 e. The predicted molar refractivity (Wildman–Crippen MR) is 48.5 cm³/mol. The van der Waals surface area contributed by atoms with E-state index in [4.69, 9.17) is 10.2 Å². The zero-order valence-electron chi connectivity index (χ0n) is 6.83. The van der Waals surface area contributed by atoms with Crippen LogP contribution >= 0.6 is 0 Å². The van der Waals surface area contributed by atoms with Gasteiger partial charge in [0.2, 0.25) is 0 Å². The van der Waals surface area contributed by atoms with Gasteiger partial charge in [-0.3, -0.25) is 0 Å². The molecule has 66 valence electrons. The lowest BCUT2D eigenvalue weighted by Crippen LogP contribution is -1.88. The summed E-state index contributed by atoms with van der Waals surface area (Å²) in [5.74, 6) is -0.296. The SMILES string of the molecule is Nc1ccc(F)c(-c2ccoc2)c1. The molecule has 1 aromatic heterocycles. The Morgan fingerprint density at radius 3 is 2.77 bits per heavy atom. The van der Waals surface area contributed by atoms with Crippen LogP contribution in [0.1, 0.15) is 0 Å². The van der Waals surface area contributed by atoms with Crippen LogP contribution in [0.4, 0.5) is 10.1 Å². The molecule has 1 aromatic carbocycles. The maximum atomic E-state index is 13.2. The number of rotatable bonds is 1. The largest absolute Gasteiger partial charge is 0.472 e. The average Bonchev–Trinajstić information content (AvgIpc) is 2.61. The Morgan fingerprint density at radius 1 is 1.23 bits per heavy atom. The second kappa shape index (κ2) is 2.94. The molecular weight excluding hydrogens is 169 g/mol. The van der Waals surface area contributed by atoms with E-state index in [0.29, 0.717) is 16.8 Å². The van der Waals surface area contributed by atoms with Crippen LogP contribution < -0.4 is 5.73 Å². The molecule has 2 aromatic rings.